The van der Waals surface area contributed by atoms with Gasteiger partial charge in [-0.1, -0.05) is 76.9 Å². The maximum Gasteiger partial charge on any atom is 0.322 e. The predicted octanol–water partition coefficient (Wildman–Crippen LogP) is 3.32. The van der Waals surface area contributed by atoms with Crippen LogP contribution in [0.5, 0.6) is 0 Å². The lowest BCUT2D eigenvalue weighted by Crippen LogP contribution is -2.44. The molecule has 0 saturated heterocycles. The Hall–Kier alpha value is -1.58. The minimum absolute atomic E-state index is 0.134. The van der Waals surface area contributed by atoms with Gasteiger partial charge in [0.1, 0.15) is 6.54 Å². The number of unbranched alkanes of at least 4 members (excludes halogenated alkanes) is 10. The summed E-state index contributed by atoms with van der Waals surface area (Å²) in [5, 5.41) is 29.5. The highest BCUT2D eigenvalue weighted by Gasteiger charge is 2.23. The average Bonchev–Trinajstić information content (AvgIpc) is 2.73. The van der Waals surface area contributed by atoms with Crippen LogP contribution in [0.25, 0.3) is 0 Å². The van der Waals surface area contributed by atoms with Crippen molar-refractivity contribution < 1.29 is 29.7 Å². The zero-order chi connectivity index (χ0) is 24.2. The van der Waals surface area contributed by atoms with E-state index in [0.29, 0.717) is 0 Å². The van der Waals surface area contributed by atoms with E-state index < -0.39 is 48.2 Å². The summed E-state index contributed by atoms with van der Waals surface area (Å²) in [7, 11) is 0. The van der Waals surface area contributed by atoms with E-state index in [2.05, 4.69) is 12.2 Å². The van der Waals surface area contributed by atoms with Crippen LogP contribution in [0.1, 0.15) is 84.0 Å². The van der Waals surface area contributed by atoms with E-state index >= 15 is 0 Å². The molecule has 0 radical (unpaired) electrons. The first-order valence-electron chi connectivity index (χ1n) is 11.7. The second kappa shape index (κ2) is 20.1. The SMILES string of the molecule is CCCCCCCCCCCC/C=C\C(SCC(N)C(=O)NCC(=O)O)C(O)CC(=O)O. The normalized spacial score (nSPS) is 14.2. The van der Waals surface area contributed by atoms with Gasteiger partial charge in [0.05, 0.1) is 18.6 Å². The second-order valence-corrected chi connectivity index (χ2v) is 9.29. The van der Waals surface area contributed by atoms with Gasteiger partial charge in [0.15, 0.2) is 0 Å². The summed E-state index contributed by atoms with van der Waals surface area (Å²) >= 11 is 1.19. The molecule has 3 atom stereocenters. The molecule has 0 spiro atoms. The van der Waals surface area contributed by atoms with Gasteiger partial charge in [-0.25, -0.2) is 0 Å². The Morgan fingerprint density at radius 3 is 2.03 bits per heavy atom. The van der Waals surface area contributed by atoms with E-state index in [1.54, 1.807) is 6.08 Å². The lowest BCUT2D eigenvalue weighted by molar-refractivity contribution is -0.139. The minimum atomic E-state index is -1.16. The first-order valence-corrected chi connectivity index (χ1v) is 12.8. The van der Waals surface area contributed by atoms with Gasteiger partial charge in [-0.05, 0) is 12.8 Å². The van der Waals surface area contributed by atoms with Crippen LogP contribution in [0.3, 0.4) is 0 Å². The van der Waals surface area contributed by atoms with Crippen LogP contribution < -0.4 is 11.1 Å². The molecule has 3 unspecified atom stereocenters. The number of nitrogens with two attached hydrogens (primary N) is 1. The first-order chi connectivity index (χ1) is 15.3. The molecule has 1 amide bonds. The van der Waals surface area contributed by atoms with Gasteiger partial charge in [-0.2, -0.15) is 0 Å². The van der Waals surface area contributed by atoms with Crippen LogP contribution in [0.4, 0.5) is 0 Å². The molecule has 0 aromatic carbocycles. The van der Waals surface area contributed by atoms with Gasteiger partial charge in [0.2, 0.25) is 5.91 Å². The van der Waals surface area contributed by atoms with Crippen molar-refractivity contribution in [1.82, 2.24) is 5.32 Å². The third kappa shape index (κ3) is 18.0. The molecule has 6 N–H and O–H groups in total. The fraction of sp³-hybridized carbons (Fsp3) is 0.783. The van der Waals surface area contributed by atoms with Crippen LogP contribution in [0.15, 0.2) is 12.2 Å². The number of carbonyl (C=O) groups excluding carboxylic acids is 1. The summed E-state index contributed by atoms with van der Waals surface area (Å²) in [6.45, 7) is 1.71. The number of carboxylic acid groups (broad SMARTS) is 2. The number of hydrogen-bond acceptors (Lipinski definition) is 6. The van der Waals surface area contributed by atoms with Crippen molar-refractivity contribution in [1.29, 1.82) is 0 Å². The zero-order valence-electron chi connectivity index (χ0n) is 19.3. The van der Waals surface area contributed by atoms with Crippen molar-refractivity contribution in [2.45, 2.75) is 101 Å². The van der Waals surface area contributed by atoms with Crippen molar-refractivity contribution >= 4 is 29.6 Å². The van der Waals surface area contributed by atoms with Crippen molar-refractivity contribution in [3.05, 3.63) is 12.2 Å². The number of carbonyl (C=O) groups is 3. The molecular weight excluding hydrogens is 432 g/mol. The number of hydrogen-bond donors (Lipinski definition) is 5. The zero-order valence-corrected chi connectivity index (χ0v) is 20.2. The van der Waals surface area contributed by atoms with Crippen LogP contribution in [0.2, 0.25) is 0 Å². The predicted molar refractivity (Wildman–Crippen MR) is 129 cm³/mol. The van der Waals surface area contributed by atoms with Gasteiger partial charge < -0.3 is 26.4 Å². The number of aliphatic carboxylic acids is 2. The molecule has 186 valence electrons. The van der Waals surface area contributed by atoms with E-state index in [-0.39, 0.29) is 5.75 Å². The van der Waals surface area contributed by atoms with Gasteiger partial charge in [-0.15, -0.1) is 11.8 Å². The summed E-state index contributed by atoms with van der Waals surface area (Å²) in [6, 6.07) is -0.950. The lowest BCUT2D eigenvalue weighted by Gasteiger charge is -2.20. The number of nitrogens with one attached hydrogen (secondary N) is 1. The fourth-order valence-electron chi connectivity index (χ4n) is 3.15. The molecule has 0 saturated carbocycles. The number of rotatable bonds is 21. The average molecular weight is 475 g/mol. The van der Waals surface area contributed by atoms with E-state index in [9.17, 15) is 19.5 Å². The molecule has 0 aliphatic carbocycles. The molecule has 0 heterocycles. The topological polar surface area (TPSA) is 150 Å². The summed E-state index contributed by atoms with van der Waals surface area (Å²) in [5.41, 5.74) is 5.77. The van der Waals surface area contributed by atoms with Crippen LogP contribution in [-0.2, 0) is 14.4 Å². The van der Waals surface area contributed by atoms with Crippen LogP contribution >= 0.6 is 11.8 Å². The molecule has 0 rings (SSSR count). The van der Waals surface area contributed by atoms with Gasteiger partial charge in [-0.3, -0.25) is 14.4 Å². The molecule has 0 aromatic rings. The van der Waals surface area contributed by atoms with E-state index in [4.69, 9.17) is 15.9 Å². The Labute approximate surface area is 196 Å². The summed E-state index contributed by atoms with van der Waals surface area (Å²) < 4.78 is 0. The van der Waals surface area contributed by atoms with Crippen LogP contribution in [-0.4, -0.2) is 62.9 Å². The summed E-state index contributed by atoms with van der Waals surface area (Å²) in [5.74, 6) is -2.73. The highest BCUT2D eigenvalue weighted by atomic mass is 32.2. The molecular formula is C23H42N2O6S. The highest BCUT2D eigenvalue weighted by molar-refractivity contribution is 8.00. The minimum Gasteiger partial charge on any atom is -0.481 e. The number of allylic oxidation sites excluding steroid dienone is 1. The molecule has 0 bridgehead atoms. The number of thioether (sulfide) groups is 1. The Balaban J connectivity index is 4.26. The van der Waals surface area contributed by atoms with Gasteiger partial charge in [0.25, 0.3) is 0 Å². The molecule has 0 aromatic heterocycles. The van der Waals surface area contributed by atoms with Gasteiger partial charge in [0, 0.05) is 11.0 Å². The van der Waals surface area contributed by atoms with Crippen molar-refractivity contribution in [3.63, 3.8) is 0 Å². The number of aliphatic hydroxyl groups is 1. The molecule has 9 heteroatoms. The third-order valence-electron chi connectivity index (χ3n) is 5.03. The second-order valence-electron chi connectivity index (χ2n) is 8.08. The first kappa shape index (κ1) is 30.4. The van der Waals surface area contributed by atoms with E-state index in [1.165, 1.54) is 63.1 Å². The molecule has 0 fully saturated rings. The maximum atomic E-state index is 11.8. The number of carboxylic acids is 2. The smallest absolute Gasteiger partial charge is 0.322 e. The van der Waals surface area contributed by atoms with Crippen molar-refractivity contribution in [2.24, 2.45) is 5.73 Å². The Kier molecular flexibility index (Phi) is 19.1. The fourth-order valence-corrected chi connectivity index (χ4v) is 4.28. The summed E-state index contributed by atoms with van der Waals surface area (Å²) in [4.78, 5) is 33.3. The van der Waals surface area contributed by atoms with E-state index in [0.717, 1.165) is 19.3 Å². The van der Waals surface area contributed by atoms with Gasteiger partial charge >= 0.3 is 11.9 Å². The number of aliphatic hydroxyl groups excluding tert-OH is 1. The quantitative estimate of drug-likeness (QED) is 0.126. The lowest BCUT2D eigenvalue weighted by atomic mass is 10.1. The third-order valence-corrected chi connectivity index (χ3v) is 6.44. The molecule has 0 aliphatic rings. The van der Waals surface area contributed by atoms with E-state index in [1.807, 2.05) is 6.08 Å². The number of amides is 1. The largest absolute Gasteiger partial charge is 0.481 e. The highest BCUT2D eigenvalue weighted by Crippen LogP contribution is 2.20. The standard InChI is InChI=1S/C23H42N2O6S/c1-2-3-4-5-6-7-8-9-10-11-12-13-14-20(19(26)15-21(27)28)32-17-18(24)23(31)25-16-22(29)30/h13-14,18-20,26H,2-12,15-17,24H2,1H3,(H,25,31)(H,27,28)(H,29,30)/b14-13-. The van der Waals surface area contributed by atoms with Crippen molar-refractivity contribution in [2.75, 3.05) is 12.3 Å². The summed E-state index contributed by atoms with van der Waals surface area (Å²) in [6.07, 6.45) is 15.6. The van der Waals surface area contributed by atoms with Crippen molar-refractivity contribution in [3.8, 4) is 0 Å². The Morgan fingerprint density at radius 2 is 1.50 bits per heavy atom. The Morgan fingerprint density at radius 1 is 0.938 bits per heavy atom. The maximum absolute atomic E-state index is 11.8. The molecule has 8 nitrogen and oxygen atoms in total. The molecule has 0 aliphatic heterocycles. The molecule has 32 heavy (non-hydrogen) atoms. The van der Waals surface area contributed by atoms with Crippen LogP contribution in [0, 0.1) is 0 Å². The monoisotopic (exact) mass is 474 g/mol. The Bertz CT molecular complexity index is 559.